The summed E-state index contributed by atoms with van der Waals surface area (Å²) in [6, 6.07) is 19.6. The SMILES string of the molecule is COc1ccc([C@@H]2Nn3c(C)ccc3S[C@@H]2C(=O)Nc2ccccc2C)cc1. The van der Waals surface area contributed by atoms with Gasteiger partial charge >= 0.3 is 0 Å². The van der Waals surface area contributed by atoms with Crippen LogP contribution in [0.25, 0.3) is 0 Å². The zero-order valence-corrected chi connectivity index (χ0v) is 16.9. The van der Waals surface area contributed by atoms with Gasteiger partial charge in [-0.25, -0.2) is 0 Å². The number of benzene rings is 2. The van der Waals surface area contributed by atoms with Crippen LogP contribution in [-0.2, 0) is 4.79 Å². The van der Waals surface area contributed by atoms with E-state index in [0.29, 0.717) is 0 Å². The molecule has 2 N–H and O–H groups in total. The summed E-state index contributed by atoms with van der Waals surface area (Å²) in [6.07, 6.45) is 0. The zero-order valence-electron chi connectivity index (χ0n) is 16.1. The summed E-state index contributed by atoms with van der Waals surface area (Å²) < 4.78 is 7.33. The number of carbonyl (C=O) groups excluding carboxylic acids is 1. The Balaban J connectivity index is 1.67. The van der Waals surface area contributed by atoms with Crippen LogP contribution in [0.1, 0.15) is 22.9 Å². The standard InChI is InChI=1S/C22H23N3O2S/c1-14-6-4-5-7-18(14)23-22(26)21-20(16-9-11-17(27-3)12-10-16)24-25-15(2)8-13-19(25)28-21/h4-13,20-21,24H,1-3H3,(H,23,26)/t20-,21-/m0/s1. The van der Waals surface area contributed by atoms with Crippen molar-refractivity contribution in [3.05, 3.63) is 77.5 Å². The second kappa shape index (κ2) is 7.64. The highest BCUT2D eigenvalue weighted by Crippen LogP contribution is 2.39. The Morgan fingerprint density at radius 2 is 1.82 bits per heavy atom. The molecule has 1 amide bonds. The van der Waals surface area contributed by atoms with E-state index in [4.69, 9.17) is 4.74 Å². The second-order valence-electron chi connectivity index (χ2n) is 6.87. The highest BCUT2D eigenvalue weighted by molar-refractivity contribution is 8.00. The summed E-state index contributed by atoms with van der Waals surface area (Å²) in [5.41, 5.74) is 7.57. The molecular weight excluding hydrogens is 370 g/mol. The van der Waals surface area contributed by atoms with Gasteiger partial charge in [-0.3, -0.25) is 9.47 Å². The molecule has 0 unspecified atom stereocenters. The molecular formula is C22H23N3O2S. The number of hydrogen-bond donors (Lipinski definition) is 2. The molecule has 2 atom stereocenters. The number of rotatable bonds is 4. The van der Waals surface area contributed by atoms with E-state index in [1.54, 1.807) is 18.9 Å². The fourth-order valence-electron chi connectivity index (χ4n) is 3.36. The summed E-state index contributed by atoms with van der Waals surface area (Å²) >= 11 is 1.58. The second-order valence-corrected chi connectivity index (χ2v) is 8.03. The Morgan fingerprint density at radius 1 is 1.07 bits per heavy atom. The maximum Gasteiger partial charge on any atom is 0.240 e. The maximum absolute atomic E-state index is 13.2. The monoisotopic (exact) mass is 393 g/mol. The first kappa shape index (κ1) is 18.5. The number of nitrogens with zero attached hydrogens (tertiary/aromatic N) is 1. The van der Waals surface area contributed by atoms with Crippen molar-refractivity contribution in [2.24, 2.45) is 0 Å². The maximum atomic E-state index is 13.2. The minimum Gasteiger partial charge on any atom is -0.497 e. The average Bonchev–Trinajstić information content (AvgIpc) is 3.09. The Bertz CT molecular complexity index is 997. The number of hydrogen-bond acceptors (Lipinski definition) is 4. The molecule has 1 aliphatic rings. The van der Waals surface area contributed by atoms with Crippen molar-refractivity contribution in [1.29, 1.82) is 0 Å². The molecule has 2 heterocycles. The van der Waals surface area contributed by atoms with E-state index < -0.39 is 0 Å². The topological polar surface area (TPSA) is 55.3 Å². The van der Waals surface area contributed by atoms with Gasteiger partial charge in [0, 0.05) is 11.4 Å². The van der Waals surface area contributed by atoms with E-state index >= 15 is 0 Å². The van der Waals surface area contributed by atoms with Crippen LogP contribution in [0.3, 0.4) is 0 Å². The van der Waals surface area contributed by atoms with Crippen LogP contribution in [0.4, 0.5) is 5.69 Å². The summed E-state index contributed by atoms with van der Waals surface area (Å²) in [7, 11) is 1.65. The first-order valence-electron chi connectivity index (χ1n) is 9.19. The Kier molecular flexibility index (Phi) is 5.05. The van der Waals surface area contributed by atoms with Crippen molar-refractivity contribution in [2.45, 2.75) is 30.2 Å². The molecule has 28 heavy (non-hydrogen) atoms. The molecule has 1 aliphatic heterocycles. The molecule has 3 aromatic rings. The van der Waals surface area contributed by atoms with Gasteiger partial charge in [0.15, 0.2) is 0 Å². The van der Waals surface area contributed by atoms with Crippen LogP contribution in [0, 0.1) is 13.8 Å². The lowest BCUT2D eigenvalue weighted by atomic mass is 10.0. The summed E-state index contributed by atoms with van der Waals surface area (Å²) in [6.45, 7) is 4.05. The summed E-state index contributed by atoms with van der Waals surface area (Å²) in [5, 5.41) is 3.83. The van der Waals surface area contributed by atoms with Crippen LogP contribution >= 0.6 is 11.8 Å². The molecule has 0 saturated heterocycles. The van der Waals surface area contributed by atoms with Crippen LogP contribution in [0.15, 0.2) is 65.7 Å². The van der Waals surface area contributed by atoms with E-state index in [-0.39, 0.29) is 17.2 Å². The van der Waals surface area contributed by atoms with Crippen molar-refractivity contribution in [1.82, 2.24) is 4.68 Å². The smallest absolute Gasteiger partial charge is 0.240 e. The van der Waals surface area contributed by atoms with Crippen LogP contribution < -0.4 is 15.5 Å². The number of methoxy groups -OCH3 is 1. The van der Waals surface area contributed by atoms with Crippen molar-refractivity contribution in [3.63, 3.8) is 0 Å². The van der Waals surface area contributed by atoms with Crippen molar-refractivity contribution in [2.75, 3.05) is 17.9 Å². The van der Waals surface area contributed by atoms with Gasteiger partial charge in [-0.2, -0.15) is 0 Å². The fraction of sp³-hybridized carbons (Fsp3) is 0.227. The van der Waals surface area contributed by atoms with E-state index in [1.807, 2.05) is 61.5 Å². The predicted molar refractivity (Wildman–Crippen MR) is 114 cm³/mol. The third-order valence-corrected chi connectivity index (χ3v) is 6.30. The molecule has 144 valence electrons. The number of amides is 1. The van der Waals surface area contributed by atoms with Gasteiger partial charge in [0.25, 0.3) is 0 Å². The van der Waals surface area contributed by atoms with Gasteiger partial charge in [-0.05, 0) is 55.3 Å². The summed E-state index contributed by atoms with van der Waals surface area (Å²) in [5.74, 6) is 0.781. The van der Waals surface area contributed by atoms with Gasteiger partial charge < -0.3 is 15.5 Å². The van der Waals surface area contributed by atoms with Gasteiger partial charge in [0.1, 0.15) is 11.0 Å². The number of thioether (sulfide) groups is 1. The summed E-state index contributed by atoms with van der Waals surface area (Å²) in [4.78, 5) is 13.2. The van der Waals surface area contributed by atoms with Crippen LogP contribution in [0.5, 0.6) is 5.75 Å². The molecule has 6 heteroatoms. The normalized spacial score (nSPS) is 18.1. The predicted octanol–water partition coefficient (Wildman–Crippen LogP) is 4.51. The molecule has 0 aliphatic carbocycles. The highest BCUT2D eigenvalue weighted by atomic mass is 32.2. The number of aryl methyl sites for hydroxylation is 2. The third-order valence-electron chi connectivity index (χ3n) is 5.00. The number of carbonyl (C=O) groups is 1. The number of fused-ring (bicyclic) bond motifs is 1. The van der Waals surface area contributed by atoms with E-state index in [1.165, 1.54) is 0 Å². The number of ether oxygens (including phenoxy) is 1. The van der Waals surface area contributed by atoms with E-state index in [0.717, 1.165) is 33.3 Å². The first-order valence-corrected chi connectivity index (χ1v) is 10.1. The molecule has 4 rings (SSSR count). The highest BCUT2D eigenvalue weighted by Gasteiger charge is 2.36. The number of aromatic nitrogens is 1. The number of nitrogens with one attached hydrogen (secondary N) is 2. The van der Waals surface area contributed by atoms with Crippen LogP contribution in [-0.4, -0.2) is 22.9 Å². The van der Waals surface area contributed by atoms with E-state index in [2.05, 4.69) is 28.4 Å². The molecule has 0 saturated carbocycles. The van der Waals surface area contributed by atoms with E-state index in [9.17, 15) is 4.79 Å². The first-order chi connectivity index (χ1) is 13.6. The minimum atomic E-state index is -0.310. The average molecular weight is 394 g/mol. The largest absolute Gasteiger partial charge is 0.497 e. The van der Waals surface area contributed by atoms with Crippen molar-refractivity contribution in [3.8, 4) is 5.75 Å². The Labute approximate surface area is 169 Å². The molecule has 0 fully saturated rings. The van der Waals surface area contributed by atoms with Crippen molar-refractivity contribution >= 4 is 23.4 Å². The van der Waals surface area contributed by atoms with Crippen molar-refractivity contribution < 1.29 is 9.53 Å². The molecule has 5 nitrogen and oxygen atoms in total. The Hall–Kier alpha value is -2.86. The molecule has 0 bridgehead atoms. The minimum absolute atomic E-state index is 0.0160. The number of para-hydroxylation sites is 1. The number of anilines is 1. The lowest BCUT2D eigenvalue weighted by Crippen LogP contribution is -2.41. The lowest BCUT2D eigenvalue weighted by molar-refractivity contribution is -0.116. The molecule has 1 aromatic heterocycles. The van der Waals surface area contributed by atoms with Gasteiger partial charge in [0.05, 0.1) is 18.2 Å². The van der Waals surface area contributed by atoms with Gasteiger partial charge in [0.2, 0.25) is 5.91 Å². The third kappa shape index (κ3) is 3.47. The fourth-order valence-corrected chi connectivity index (χ4v) is 4.59. The molecule has 2 aromatic carbocycles. The Morgan fingerprint density at radius 3 is 2.54 bits per heavy atom. The quantitative estimate of drug-likeness (QED) is 0.685. The zero-order chi connectivity index (χ0) is 19.7. The molecule has 0 spiro atoms. The van der Waals surface area contributed by atoms with Gasteiger partial charge in [-0.15, -0.1) is 0 Å². The lowest BCUT2D eigenvalue weighted by Gasteiger charge is -2.34. The van der Waals surface area contributed by atoms with Crippen LogP contribution in [0.2, 0.25) is 0 Å². The molecule has 0 radical (unpaired) electrons. The van der Waals surface area contributed by atoms with Gasteiger partial charge in [-0.1, -0.05) is 42.1 Å².